The Labute approximate surface area is 235 Å². The second kappa shape index (κ2) is 9.29. The van der Waals surface area contributed by atoms with Crippen molar-refractivity contribution < 1.29 is 0 Å². The maximum absolute atomic E-state index is 9.54. The number of benzene rings is 5. The van der Waals surface area contributed by atoms with Gasteiger partial charge in [-0.05, 0) is 79.4 Å². The van der Waals surface area contributed by atoms with Gasteiger partial charge in [0.1, 0.15) is 0 Å². The van der Waals surface area contributed by atoms with E-state index in [0.29, 0.717) is 5.56 Å². The molecule has 1 atom stereocenters. The lowest BCUT2D eigenvalue weighted by Gasteiger charge is -2.23. The fraction of sp³-hybridized carbons (Fsp3) is 0.108. The molecule has 1 aliphatic rings. The summed E-state index contributed by atoms with van der Waals surface area (Å²) in [6, 6.07) is 41.2. The van der Waals surface area contributed by atoms with Gasteiger partial charge in [-0.2, -0.15) is 5.26 Å². The number of anilines is 2. The molecule has 1 aliphatic heterocycles. The number of hydrogen-bond donors (Lipinski definition) is 1. The third-order valence-corrected chi connectivity index (χ3v) is 8.16. The van der Waals surface area contributed by atoms with E-state index in [9.17, 15) is 5.26 Å². The second-order valence-corrected chi connectivity index (χ2v) is 10.8. The van der Waals surface area contributed by atoms with Crippen LogP contribution in [-0.4, -0.2) is 4.57 Å². The van der Waals surface area contributed by atoms with Crippen LogP contribution in [0, 0.1) is 32.1 Å². The average Bonchev–Trinajstić information content (AvgIpc) is 3.23. The number of aryl methyl sites for hydroxylation is 3. The van der Waals surface area contributed by atoms with Gasteiger partial charge in [0.15, 0.2) is 0 Å². The van der Waals surface area contributed by atoms with Crippen LogP contribution < -0.4 is 5.32 Å². The molecule has 0 saturated carbocycles. The third-order valence-electron chi connectivity index (χ3n) is 8.16. The molecule has 0 radical (unpaired) electrons. The Kier molecular flexibility index (Phi) is 5.58. The van der Waals surface area contributed by atoms with Crippen LogP contribution in [0.4, 0.5) is 11.4 Å². The van der Waals surface area contributed by atoms with Gasteiger partial charge in [0.2, 0.25) is 0 Å². The molecule has 192 valence electrons. The monoisotopic (exact) mass is 515 g/mol. The van der Waals surface area contributed by atoms with Crippen molar-refractivity contribution in [2.75, 3.05) is 5.32 Å². The number of aromatic nitrogens is 1. The summed E-state index contributed by atoms with van der Waals surface area (Å²) in [4.78, 5) is 0. The zero-order chi connectivity index (χ0) is 27.4. The number of nitriles is 1. The lowest BCUT2D eigenvalue weighted by Crippen LogP contribution is -2.07. The van der Waals surface area contributed by atoms with E-state index < -0.39 is 0 Å². The first-order valence-electron chi connectivity index (χ1n) is 13.7. The van der Waals surface area contributed by atoms with E-state index in [4.69, 9.17) is 0 Å². The van der Waals surface area contributed by atoms with Crippen molar-refractivity contribution in [3.8, 4) is 23.0 Å². The average molecular weight is 516 g/mol. The van der Waals surface area contributed by atoms with Gasteiger partial charge in [-0.15, -0.1) is 0 Å². The zero-order valence-electron chi connectivity index (χ0n) is 22.9. The summed E-state index contributed by atoms with van der Waals surface area (Å²) in [5.74, 6) is -0.0393. The van der Waals surface area contributed by atoms with E-state index in [-0.39, 0.29) is 5.92 Å². The smallest absolute Gasteiger partial charge is 0.0991 e. The molecule has 7 rings (SSSR count). The Hall–Kier alpha value is -5.07. The topological polar surface area (TPSA) is 40.8 Å². The Bertz CT molecular complexity index is 1940. The molecule has 0 bridgehead atoms. The summed E-state index contributed by atoms with van der Waals surface area (Å²) in [5.41, 5.74) is 15.0. The maximum Gasteiger partial charge on any atom is 0.0991 e. The largest absolute Gasteiger partial charge is 0.354 e. The van der Waals surface area contributed by atoms with Crippen molar-refractivity contribution in [3.05, 3.63) is 148 Å². The number of rotatable bonds is 3. The molecular weight excluding hydrogens is 486 g/mol. The Morgan fingerprint density at radius 2 is 1.48 bits per heavy atom. The summed E-state index contributed by atoms with van der Waals surface area (Å²) in [7, 11) is 0. The van der Waals surface area contributed by atoms with E-state index in [0.717, 1.165) is 17.1 Å². The first-order valence-corrected chi connectivity index (χ1v) is 13.7. The van der Waals surface area contributed by atoms with Crippen LogP contribution in [-0.2, 0) is 0 Å². The molecule has 5 aromatic carbocycles. The van der Waals surface area contributed by atoms with Crippen molar-refractivity contribution >= 4 is 22.3 Å². The highest BCUT2D eigenvalue weighted by molar-refractivity contribution is 6.06. The fourth-order valence-electron chi connectivity index (χ4n) is 6.22. The minimum absolute atomic E-state index is 0.0393. The maximum atomic E-state index is 9.54. The highest BCUT2D eigenvalue weighted by Crippen LogP contribution is 2.52. The van der Waals surface area contributed by atoms with E-state index >= 15 is 0 Å². The summed E-state index contributed by atoms with van der Waals surface area (Å²) in [6.45, 7) is 6.47. The van der Waals surface area contributed by atoms with Crippen molar-refractivity contribution in [3.63, 3.8) is 0 Å². The van der Waals surface area contributed by atoms with Gasteiger partial charge in [0.25, 0.3) is 0 Å². The molecule has 0 saturated heterocycles. The molecular formula is C37H29N3. The summed E-state index contributed by atoms with van der Waals surface area (Å²) in [5, 5.41) is 14.7. The SMILES string of the molecule is Cc1ccc(-n2c(-c3ccccc3)c3c4c(c(C)ccc42)Nc2ccc(C)cc2C3c2ccc(C#N)cc2)cc1. The van der Waals surface area contributed by atoms with E-state index in [2.05, 4.69) is 134 Å². The molecule has 1 N–H and O–H groups in total. The lowest BCUT2D eigenvalue weighted by atomic mass is 9.81. The minimum atomic E-state index is -0.0393. The van der Waals surface area contributed by atoms with Gasteiger partial charge < -0.3 is 9.88 Å². The number of fused-ring (bicyclic) bond motifs is 1. The van der Waals surface area contributed by atoms with Gasteiger partial charge in [0, 0.05) is 28.2 Å². The lowest BCUT2D eigenvalue weighted by molar-refractivity contribution is 0.981. The highest BCUT2D eigenvalue weighted by Gasteiger charge is 2.33. The van der Waals surface area contributed by atoms with Gasteiger partial charge in [-0.1, -0.05) is 83.9 Å². The molecule has 2 heterocycles. The molecule has 3 heteroatoms. The van der Waals surface area contributed by atoms with Crippen LogP contribution in [0.2, 0.25) is 0 Å². The minimum Gasteiger partial charge on any atom is -0.354 e. The van der Waals surface area contributed by atoms with Crippen LogP contribution in [0.25, 0.3) is 27.8 Å². The standard InChI is InChI=1S/C37H29N3/c1-23-9-17-29(18-10-23)40-32-20-12-25(3)36-34(32)35(37(40)28-7-5-4-6-8-28)33(27-15-13-26(22-38)14-16-27)30-21-24(2)11-19-31(30)39-36/h4-21,33,39H,1-3H3. The molecule has 6 aromatic rings. The van der Waals surface area contributed by atoms with Gasteiger partial charge in [0.05, 0.1) is 28.5 Å². The molecule has 1 unspecified atom stereocenters. The second-order valence-electron chi connectivity index (χ2n) is 10.8. The Morgan fingerprint density at radius 3 is 2.20 bits per heavy atom. The van der Waals surface area contributed by atoms with Gasteiger partial charge >= 0.3 is 0 Å². The quantitative estimate of drug-likeness (QED) is 0.255. The van der Waals surface area contributed by atoms with Crippen molar-refractivity contribution in [1.82, 2.24) is 4.57 Å². The van der Waals surface area contributed by atoms with Crippen LogP contribution in [0.5, 0.6) is 0 Å². The van der Waals surface area contributed by atoms with Crippen LogP contribution >= 0.6 is 0 Å². The third kappa shape index (κ3) is 3.73. The van der Waals surface area contributed by atoms with Gasteiger partial charge in [-0.25, -0.2) is 0 Å². The summed E-state index contributed by atoms with van der Waals surface area (Å²) in [6.07, 6.45) is 0. The van der Waals surface area contributed by atoms with Crippen LogP contribution in [0.3, 0.4) is 0 Å². The Balaban J connectivity index is 1.69. The number of nitrogens with zero attached hydrogens (tertiary/aromatic N) is 2. The summed E-state index contributed by atoms with van der Waals surface area (Å²) < 4.78 is 2.43. The van der Waals surface area contributed by atoms with Crippen LogP contribution in [0.1, 0.15) is 44.9 Å². The number of nitrogens with one attached hydrogen (secondary N) is 1. The van der Waals surface area contributed by atoms with Crippen molar-refractivity contribution in [2.24, 2.45) is 0 Å². The molecule has 3 nitrogen and oxygen atoms in total. The van der Waals surface area contributed by atoms with E-state index in [1.54, 1.807) is 0 Å². The molecule has 0 amide bonds. The van der Waals surface area contributed by atoms with Crippen molar-refractivity contribution in [1.29, 1.82) is 5.26 Å². The predicted octanol–water partition coefficient (Wildman–Crippen LogP) is 9.33. The molecule has 1 aromatic heterocycles. The Morgan fingerprint density at radius 1 is 0.750 bits per heavy atom. The molecule has 0 fully saturated rings. The summed E-state index contributed by atoms with van der Waals surface area (Å²) >= 11 is 0. The van der Waals surface area contributed by atoms with Crippen LogP contribution in [0.15, 0.2) is 109 Å². The fourth-order valence-corrected chi connectivity index (χ4v) is 6.22. The highest BCUT2D eigenvalue weighted by atomic mass is 15.0. The normalized spacial score (nSPS) is 13.8. The first kappa shape index (κ1) is 24.0. The van der Waals surface area contributed by atoms with Gasteiger partial charge in [-0.3, -0.25) is 0 Å². The first-order chi connectivity index (χ1) is 19.5. The number of hydrogen-bond acceptors (Lipinski definition) is 2. The molecule has 0 spiro atoms. The molecule has 40 heavy (non-hydrogen) atoms. The predicted molar refractivity (Wildman–Crippen MR) is 165 cm³/mol. The molecule has 0 aliphatic carbocycles. The zero-order valence-corrected chi connectivity index (χ0v) is 22.9. The van der Waals surface area contributed by atoms with E-state index in [1.807, 2.05) is 12.1 Å². The van der Waals surface area contributed by atoms with E-state index in [1.165, 1.54) is 55.5 Å². The van der Waals surface area contributed by atoms with Crippen molar-refractivity contribution in [2.45, 2.75) is 26.7 Å².